The Balaban J connectivity index is 2.99. The van der Waals surface area contributed by atoms with Crippen molar-refractivity contribution in [2.75, 3.05) is 0 Å². The first-order chi connectivity index (χ1) is 4.10. The van der Waals surface area contributed by atoms with Gasteiger partial charge >= 0.3 is 0 Å². The van der Waals surface area contributed by atoms with Gasteiger partial charge in [-0.05, 0) is 12.2 Å². The maximum atomic E-state index is 10.5. The van der Waals surface area contributed by atoms with E-state index < -0.39 is 10.0 Å². The van der Waals surface area contributed by atoms with Crippen LogP contribution in [0.4, 0.5) is 0 Å². The molecular weight excluding hydrogens is 140 g/mol. The summed E-state index contributed by atoms with van der Waals surface area (Å²) < 4.78 is 23.2. The summed E-state index contributed by atoms with van der Waals surface area (Å²) in [5, 5.41) is 1.04. The molecule has 0 aromatic carbocycles. The standard InChI is InChI=1S/C4H6N2O2S/c5-4-2-1-3-9(7,8)6-4/h1-3,6H,5H2. The lowest BCUT2D eigenvalue weighted by Crippen LogP contribution is -2.27. The van der Waals surface area contributed by atoms with E-state index in [1.54, 1.807) is 0 Å². The third kappa shape index (κ3) is 1.46. The summed E-state index contributed by atoms with van der Waals surface area (Å²) in [6.07, 6.45) is 2.85. The molecule has 1 aliphatic heterocycles. The molecule has 4 nitrogen and oxygen atoms in total. The van der Waals surface area contributed by atoms with Gasteiger partial charge in [-0.2, -0.15) is 0 Å². The van der Waals surface area contributed by atoms with Gasteiger partial charge in [0, 0.05) is 0 Å². The van der Waals surface area contributed by atoms with E-state index in [-0.39, 0.29) is 5.82 Å². The molecule has 1 aliphatic rings. The Bertz CT molecular complexity index is 262. The van der Waals surface area contributed by atoms with Gasteiger partial charge in [-0.3, -0.25) is 4.72 Å². The summed E-state index contributed by atoms with van der Waals surface area (Å²) in [6.45, 7) is 0. The Morgan fingerprint density at radius 2 is 2.22 bits per heavy atom. The predicted octanol–water partition coefficient (Wildman–Crippen LogP) is -0.767. The van der Waals surface area contributed by atoms with Gasteiger partial charge in [-0.25, -0.2) is 8.42 Å². The molecule has 0 aromatic rings. The van der Waals surface area contributed by atoms with Crippen molar-refractivity contribution in [1.82, 2.24) is 4.72 Å². The van der Waals surface area contributed by atoms with Crippen LogP contribution in [0.1, 0.15) is 0 Å². The first-order valence-electron chi connectivity index (χ1n) is 2.27. The summed E-state index contributed by atoms with van der Waals surface area (Å²) in [6, 6.07) is 0. The van der Waals surface area contributed by atoms with Gasteiger partial charge in [0.1, 0.15) is 5.82 Å². The third-order valence-electron chi connectivity index (χ3n) is 0.794. The minimum atomic E-state index is -3.26. The zero-order valence-electron chi connectivity index (χ0n) is 4.53. The Hall–Kier alpha value is -0.970. The van der Waals surface area contributed by atoms with Crippen molar-refractivity contribution in [1.29, 1.82) is 0 Å². The summed E-state index contributed by atoms with van der Waals surface area (Å²) in [4.78, 5) is 0. The van der Waals surface area contributed by atoms with Crippen molar-refractivity contribution in [2.45, 2.75) is 0 Å². The normalized spacial score (nSPS) is 22.4. The van der Waals surface area contributed by atoms with Crippen molar-refractivity contribution < 1.29 is 8.42 Å². The zero-order chi connectivity index (χ0) is 6.91. The molecule has 0 radical (unpaired) electrons. The highest BCUT2D eigenvalue weighted by Gasteiger charge is 2.06. The van der Waals surface area contributed by atoms with Crippen LogP contribution in [0, 0.1) is 0 Å². The van der Waals surface area contributed by atoms with Crippen molar-refractivity contribution >= 4 is 10.0 Å². The van der Waals surface area contributed by atoms with Crippen LogP contribution in [0.25, 0.3) is 0 Å². The van der Waals surface area contributed by atoms with Gasteiger partial charge in [-0.1, -0.05) is 0 Å². The van der Waals surface area contributed by atoms with E-state index in [4.69, 9.17) is 5.73 Å². The minimum Gasteiger partial charge on any atom is -0.385 e. The van der Waals surface area contributed by atoms with Crippen LogP contribution in [0.5, 0.6) is 0 Å². The Morgan fingerprint density at radius 3 is 2.56 bits per heavy atom. The number of hydrogen-bond donors (Lipinski definition) is 2. The Labute approximate surface area is 53.1 Å². The number of nitrogens with one attached hydrogen (secondary N) is 1. The predicted molar refractivity (Wildman–Crippen MR) is 33.5 cm³/mol. The van der Waals surface area contributed by atoms with Crippen molar-refractivity contribution in [3.63, 3.8) is 0 Å². The molecule has 0 unspecified atom stereocenters. The highest BCUT2D eigenvalue weighted by Crippen LogP contribution is 1.96. The van der Waals surface area contributed by atoms with Crippen LogP contribution in [-0.4, -0.2) is 8.42 Å². The molecular formula is C4H6N2O2S. The van der Waals surface area contributed by atoms with E-state index >= 15 is 0 Å². The van der Waals surface area contributed by atoms with E-state index in [0.29, 0.717) is 0 Å². The van der Waals surface area contributed by atoms with Crippen molar-refractivity contribution in [3.05, 3.63) is 23.4 Å². The smallest absolute Gasteiger partial charge is 0.256 e. The summed E-state index contributed by atoms with van der Waals surface area (Å²) in [5.41, 5.74) is 5.13. The van der Waals surface area contributed by atoms with Gasteiger partial charge in [-0.15, -0.1) is 0 Å². The lowest BCUT2D eigenvalue weighted by molar-refractivity contribution is 0.596. The van der Waals surface area contributed by atoms with E-state index in [2.05, 4.69) is 4.72 Å². The maximum Gasteiger partial charge on any atom is 0.256 e. The van der Waals surface area contributed by atoms with E-state index in [1.807, 2.05) is 0 Å². The largest absolute Gasteiger partial charge is 0.385 e. The number of sulfonamides is 1. The molecule has 0 saturated heterocycles. The average Bonchev–Trinajstić information content (AvgIpc) is 1.60. The molecule has 0 fully saturated rings. The third-order valence-corrected chi connectivity index (χ3v) is 1.83. The van der Waals surface area contributed by atoms with Crippen LogP contribution in [0.15, 0.2) is 23.4 Å². The molecule has 1 heterocycles. The number of allylic oxidation sites excluding steroid dienone is 2. The number of nitrogens with two attached hydrogens (primary N) is 1. The second kappa shape index (κ2) is 1.77. The molecule has 0 aliphatic carbocycles. The molecule has 9 heavy (non-hydrogen) atoms. The second-order valence-corrected chi connectivity index (χ2v) is 3.16. The lowest BCUT2D eigenvalue weighted by atomic mass is 10.5. The fourth-order valence-corrected chi connectivity index (χ4v) is 1.23. The Kier molecular flexibility index (Phi) is 1.21. The molecule has 50 valence electrons. The van der Waals surface area contributed by atoms with Crippen LogP contribution in [0.3, 0.4) is 0 Å². The van der Waals surface area contributed by atoms with Crippen LogP contribution in [-0.2, 0) is 10.0 Å². The quantitative estimate of drug-likeness (QED) is 0.471. The van der Waals surface area contributed by atoms with Crippen molar-refractivity contribution in [3.8, 4) is 0 Å². The van der Waals surface area contributed by atoms with E-state index in [9.17, 15) is 8.42 Å². The first kappa shape index (κ1) is 6.15. The van der Waals surface area contributed by atoms with E-state index in [1.165, 1.54) is 12.2 Å². The molecule has 5 heteroatoms. The fourth-order valence-electron chi connectivity index (χ4n) is 0.479. The number of rotatable bonds is 0. The highest BCUT2D eigenvalue weighted by molar-refractivity contribution is 7.92. The van der Waals surface area contributed by atoms with Gasteiger partial charge in [0.2, 0.25) is 0 Å². The molecule has 0 aromatic heterocycles. The van der Waals surface area contributed by atoms with E-state index in [0.717, 1.165) is 5.41 Å². The molecule has 3 N–H and O–H groups in total. The molecule has 0 saturated carbocycles. The maximum absolute atomic E-state index is 10.5. The fraction of sp³-hybridized carbons (Fsp3) is 0. The van der Waals surface area contributed by atoms with Gasteiger partial charge in [0.15, 0.2) is 0 Å². The van der Waals surface area contributed by atoms with Gasteiger partial charge in [0.25, 0.3) is 10.0 Å². The van der Waals surface area contributed by atoms with Crippen LogP contribution >= 0.6 is 0 Å². The molecule has 0 amide bonds. The molecule has 0 atom stereocenters. The van der Waals surface area contributed by atoms with Gasteiger partial charge < -0.3 is 5.73 Å². The lowest BCUT2D eigenvalue weighted by Gasteiger charge is -2.05. The molecule has 0 spiro atoms. The van der Waals surface area contributed by atoms with Gasteiger partial charge in [0.05, 0.1) is 5.41 Å². The average molecular weight is 146 g/mol. The number of hydrogen-bond acceptors (Lipinski definition) is 3. The summed E-state index contributed by atoms with van der Waals surface area (Å²) in [5.74, 6) is 0.150. The summed E-state index contributed by atoms with van der Waals surface area (Å²) in [7, 11) is -3.26. The molecule has 0 bridgehead atoms. The second-order valence-electron chi connectivity index (χ2n) is 1.60. The monoisotopic (exact) mass is 146 g/mol. The Morgan fingerprint density at radius 1 is 1.56 bits per heavy atom. The van der Waals surface area contributed by atoms with Crippen LogP contribution < -0.4 is 10.5 Å². The highest BCUT2D eigenvalue weighted by atomic mass is 32.2. The molecule has 1 rings (SSSR count). The van der Waals surface area contributed by atoms with Crippen molar-refractivity contribution in [2.24, 2.45) is 5.73 Å². The minimum absolute atomic E-state index is 0.150. The topological polar surface area (TPSA) is 72.2 Å². The van der Waals surface area contributed by atoms with Crippen LogP contribution in [0.2, 0.25) is 0 Å². The zero-order valence-corrected chi connectivity index (χ0v) is 5.35. The SMILES string of the molecule is NC1=CC=CS(=O)(=O)N1. The first-order valence-corrected chi connectivity index (χ1v) is 3.81. The summed E-state index contributed by atoms with van der Waals surface area (Å²) >= 11 is 0.